The Morgan fingerprint density at radius 1 is 1.19 bits per heavy atom. The van der Waals surface area contributed by atoms with Crippen molar-refractivity contribution in [3.8, 4) is 11.5 Å². The highest BCUT2D eigenvalue weighted by molar-refractivity contribution is 8.00. The van der Waals surface area contributed by atoms with Crippen molar-refractivity contribution in [2.45, 2.75) is 50.5 Å². The number of aromatic nitrogens is 2. The highest BCUT2D eigenvalue weighted by atomic mass is 32.2. The number of carbonyl (C=O) groups is 2. The largest absolute Gasteiger partial charge is 0.411 e. The van der Waals surface area contributed by atoms with E-state index in [0.29, 0.717) is 12.4 Å². The third kappa shape index (κ3) is 5.32. The van der Waals surface area contributed by atoms with Crippen LogP contribution in [0.4, 0.5) is 4.79 Å². The smallest absolute Gasteiger partial charge is 0.321 e. The lowest BCUT2D eigenvalue weighted by Gasteiger charge is -2.18. The van der Waals surface area contributed by atoms with Crippen LogP contribution in [-0.2, 0) is 10.2 Å². The summed E-state index contributed by atoms with van der Waals surface area (Å²) in [4.78, 5) is 23.4. The van der Waals surface area contributed by atoms with E-state index in [1.54, 1.807) is 13.8 Å². The van der Waals surface area contributed by atoms with Crippen LogP contribution in [0.3, 0.4) is 0 Å². The minimum absolute atomic E-state index is 0.0707. The zero-order valence-electron chi connectivity index (χ0n) is 15.6. The maximum atomic E-state index is 12.0. The lowest BCUT2D eigenvalue weighted by molar-refractivity contribution is -0.119. The van der Waals surface area contributed by atoms with Crippen molar-refractivity contribution in [1.82, 2.24) is 20.8 Å². The van der Waals surface area contributed by atoms with Gasteiger partial charge in [0, 0.05) is 12.1 Å². The van der Waals surface area contributed by atoms with Gasteiger partial charge in [0.15, 0.2) is 0 Å². The summed E-state index contributed by atoms with van der Waals surface area (Å²) in [5, 5.41) is 12.5. The average Bonchev–Trinajstić information content (AvgIpc) is 3.02. The highest BCUT2D eigenvalue weighted by Gasteiger charge is 2.20. The van der Waals surface area contributed by atoms with Gasteiger partial charge in [0.1, 0.15) is 0 Å². The van der Waals surface area contributed by atoms with E-state index in [1.165, 1.54) is 5.56 Å². The van der Waals surface area contributed by atoms with Gasteiger partial charge in [-0.05, 0) is 37.0 Å². The van der Waals surface area contributed by atoms with Gasteiger partial charge in [0.05, 0.1) is 5.25 Å². The normalized spacial score (nSPS) is 12.5. The van der Waals surface area contributed by atoms with Crippen molar-refractivity contribution < 1.29 is 14.0 Å². The number of imide groups is 1. The van der Waals surface area contributed by atoms with Gasteiger partial charge >= 0.3 is 6.03 Å². The Hall–Kier alpha value is -2.35. The van der Waals surface area contributed by atoms with Crippen molar-refractivity contribution in [1.29, 1.82) is 0 Å². The Bertz CT molecular complexity index is 765. The molecule has 0 bridgehead atoms. The van der Waals surface area contributed by atoms with E-state index in [-0.39, 0.29) is 10.6 Å². The predicted molar refractivity (Wildman–Crippen MR) is 101 cm³/mol. The zero-order chi connectivity index (χ0) is 19.3. The molecule has 0 fully saturated rings. The Labute approximate surface area is 157 Å². The average molecular weight is 376 g/mol. The third-order valence-corrected chi connectivity index (χ3v) is 4.56. The van der Waals surface area contributed by atoms with Gasteiger partial charge in [-0.2, -0.15) is 0 Å². The van der Waals surface area contributed by atoms with Crippen LogP contribution < -0.4 is 10.6 Å². The molecule has 0 aliphatic heterocycles. The fourth-order valence-electron chi connectivity index (χ4n) is 2.11. The molecule has 2 rings (SSSR count). The van der Waals surface area contributed by atoms with Crippen LogP contribution in [0.2, 0.25) is 0 Å². The van der Waals surface area contributed by atoms with Crippen LogP contribution in [0.15, 0.2) is 33.9 Å². The standard InChI is InChI=1S/C18H24N4O3S/c1-6-19-16(24)20-14(23)11(2)26-17-22-21-15(25-17)12-7-9-13(10-8-12)18(3,4)5/h7-11H,6H2,1-5H3,(H2,19,20,23,24). The monoisotopic (exact) mass is 376 g/mol. The molecule has 0 radical (unpaired) electrons. The molecule has 0 saturated heterocycles. The lowest BCUT2D eigenvalue weighted by Crippen LogP contribution is -2.42. The second-order valence-corrected chi connectivity index (χ2v) is 8.10. The molecule has 0 spiro atoms. The molecule has 1 heterocycles. The van der Waals surface area contributed by atoms with Crippen LogP contribution in [0, 0.1) is 0 Å². The first-order valence-electron chi connectivity index (χ1n) is 8.40. The van der Waals surface area contributed by atoms with Crippen molar-refractivity contribution in [2.75, 3.05) is 6.54 Å². The highest BCUT2D eigenvalue weighted by Crippen LogP contribution is 2.28. The topological polar surface area (TPSA) is 97.1 Å². The van der Waals surface area contributed by atoms with Crippen molar-refractivity contribution in [2.24, 2.45) is 0 Å². The Morgan fingerprint density at radius 3 is 2.42 bits per heavy atom. The predicted octanol–water partition coefficient (Wildman–Crippen LogP) is 3.36. The minimum Gasteiger partial charge on any atom is -0.411 e. The van der Waals surface area contributed by atoms with Gasteiger partial charge in [-0.15, -0.1) is 10.2 Å². The van der Waals surface area contributed by atoms with E-state index in [9.17, 15) is 9.59 Å². The fraction of sp³-hybridized carbons (Fsp3) is 0.444. The van der Waals surface area contributed by atoms with E-state index in [4.69, 9.17) is 4.42 Å². The number of urea groups is 1. The van der Waals surface area contributed by atoms with Gasteiger partial charge in [-0.1, -0.05) is 44.7 Å². The molecule has 2 N–H and O–H groups in total. The molecular formula is C18H24N4O3S. The van der Waals surface area contributed by atoms with Crippen molar-refractivity contribution in [3.05, 3.63) is 29.8 Å². The summed E-state index contributed by atoms with van der Waals surface area (Å²) in [5.74, 6) is -0.0282. The maximum Gasteiger partial charge on any atom is 0.321 e. The number of carbonyl (C=O) groups excluding carboxylic acids is 2. The molecule has 0 aliphatic carbocycles. The van der Waals surface area contributed by atoms with Crippen molar-refractivity contribution >= 4 is 23.7 Å². The van der Waals surface area contributed by atoms with E-state index < -0.39 is 17.2 Å². The number of rotatable bonds is 5. The van der Waals surface area contributed by atoms with Crippen LogP contribution in [-0.4, -0.2) is 33.9 Å². The number of thioether (sulfide) groups is 1. The van der Waals surface area contributed by atoms with E-state index in [0.717, 1.165) is 17.3 Å². The summed E-state index contributed by atoms with van der Waals surface area (Å²) >= 11 is 1.10. The first-order valence-corrected chi connectivity index (χ1v) is 9.28. The lowest BCUT2D eigenvalue weighted by atomic mass is 9.87. The summed E-state index contributed by atoms with van der Waals surface area (Å²) in [6, 6.07) is 7.43. The number of amides is 3. The Morgan fingerprint density at radius 2 is 1.85 bits per heavy atom. The van der Waals surface area contributed by atoms with Gasteiger partial charge in [-0.25, -0.2) is 4.79 Å². The number of benzene rings is 1. The molecular weight excluding hydrogens is 352 g/mol. The Balaban J connectivity index is 2.01. The fourth-order valence-corrected chi connectivity index (χ4v) is 2.79. The molecule has 1 aromatic heterocycles. The molecule has 7 nitrogen and oxygen atoms in total. The summed E-state index contributed by atoms with van der Waals surface area (Å²) < 4.78 is 5.63. The van der Waals surface area contributed by atoms with Crippen LogP contribution >= 0.6 is 11.8 Å². The molecule has 140 valence electrons. The number of hydrogen-bond acceptors (Lipinski definition) is 6. The van der Waals surface area contributed by atoms with Gasteiger partial charge in [0.2, 0.25) is 11.8 Å². The van der Waals surface area contributed by atoms with Gasteiger partial charge in [-0.3, -0.25) is 10.1 Å². The van der Waals surface area contributed by atoms with E-state index in [2.05, 4.69) is 41.6 Å². The SMILES string of the molecule is CCNC(=O)NC(=O)C(C)Sc1nnc(-c2ccc(C(C)(C)C)cc2)o1. The van der Waals surface area contributed by atoms with Crippen LogP contribution in [0.1, 0.15) is 40.2 Å². The summed E-state index contributed by atoms with van der Waals surface area (Å²) in [5.41, 5.74) is 2.10. The van der Waals surface area contributed by atoms with Crippen molar-refractivity contribution in [3.63, 3.8) is 0 Å². The first-order chi connectivity index (χ1) is 12.2. The maximum absolute atomic E-state index is 12.0. The zero-order valence-corrected chi connectivity index (χ0v) is 16.4. The van der Waals surface area contributed by atoms with Crippen LogP contribution in [0.5, 0.6) is 0 Å². The third-order valence-electron chi connectivity index (χ3n) is 3.63. The van der Waals surface area contributed by atoms with E-state index in [1.807, 2.05) is 24.3 Å². The molecule has 1 aromatic carbocycles. The number of nitrogens with one attached hydrogen (secondary N) is 2. The molecule has 0 saturated carbocycles. The number of hydrogen-bond donors (Lipinski definition) is 2. The molecule has 2 aromatic rings. The quantitative estimate of drug-likeness (QED) is 0.777. The minimum atomic E-state index is -0.547. The number of nitrogens with zero attached hydrogens (tertiary/aromatic N) is 2. The first kappa shape index (κ1) is 20.0. The molecule has 3 amide bonds. The summed E-state index contributed by atoms with van der Waals surface area (Å²) in [7, 11) is 0. The molecule has 1 atom stereocenters. The van der Waals surface area contributed by atoms with Crippen LogP contribution in [0.25, 0.3) is 11.5 Å². The van der Waals surface area contributed by atoms with Gasteiger partial charge in [0.25, 0.3) is 5.22 Å². The van der Waals surface area contributed by atoms with E-state index >= 15 is 0 Å². The molecule has 1 unspecified atom stereocenters. The second kappa shape index (κ2) is 8.35. The molecule has 8 heteroatoms. The summed E-state index contributed by atoms with van der Waals surface area (Å²) in [6.07, 6.45) is 0. The second-order valence-electron chi connectivity index (χ2n) is 6.81. The molecule has 0 aliphatic rings. The molecule has 26 heavy (non-hydrogen) atoms. The van der Waals surface area contributed by atoms with Gasteiger partial charge < -0.3 is 9.73 Å². The summed E-state index contributed by atoms with van der Waals surface area (Å²) in [6.45, 7) is 10.3. The Kier molecular flexibility index (Phi) is 6.42.